The third-order valence-corrected chi connectivity index (χ3v) is 5.28. The predicted octanol–water partition coefficient (Wildman–Crippen LogP) is 1.13. The lowest BCUT2D eigenvalue weighted by Gasteiger charge is -2.27. The van der Waals surface area contributed by atoms with Gasteiger partial charge in [-0.05, 0) is 30.5 Å². The molecule has 1 saturated carbocycles. The van der Waals surface area contributed by atoms with Gasteiger partial charge in [0.1, 0.15) is 5.82 Å². The molecular formula is C13H19FN2O3S. The number of nitrogens with zero attached hydrogens (tertiary/aromatic N) is 2. The largest absolute Gasteiger partial charge is 0.387 e. The van der Waals surface area contributed by atoms with Crippen molar-refractivity contribution < 1.29 is 17.9 Å². The SMILES string of the molecule is CN(C)S(=O)(=O)N(C[C@H](O)c1ccc(F)cc1)C1CC1. The average molecular weight is 302 g/mol. The Balaban J connectivity index is 2.14. The molecule has 1 aromatic carbocycles. The number of aliphatic hydroxyl groups excluding tert-OH is 1. The van der Waals surface area contributed by atoms with E-state index < -0.39 is 16.3 Å². The maximum Gasteiger partial charge on any atom is 0.281 e. The third-order valence-electron chi connectivity index (χ3n) is 3.32. The Morgan fingerprint density at radius 2 is 1.85 bits per heavy atom. The van der Waals surface area contributed by atoms with Gasteiger partial charge in [0.25, 0.3) is 10.2 Å². The minimum Gasteiger partial charge on any atom is -0.387 e. The molecule has 1 atom stereocenters. The Morgan fingerprint density at radius 3 is 2.30 bits per heavy atom. The molecule has 5 nitrogen and oxygen atoms in total. The summed E-state index contributed by atoms with van der Waals surface area (Å²) in [5, 5.41) is 10.2. The summed E-state index contributed by atoms with van der Waals surface area (Å²) in [6.45, 7) is -0.0171. The monoisotopic (exact) mass is 302 g/mol. The number of halogens is 1. The second kappa shape index (κ2) is 5.77. The fourth-order valence-electron chi connectivity index (χ4n) is 1.96. The van der Waals surface area contributed by atoms with Gasteiger partial charge in [-0.3, -0.25) is 0 Å². The van der Waals surface area contributed by atoms with Gasteiger partial charge in [-0.1, -0.05) is 12.1 Å². The van der Waals surface area contributed by atoms with Gasteiger partial charge in [0.05, 0.1) is 6.10 Å². The molecule has 112 valence electrons. The van der Waals surface area contributed by atoms with E-state index in [0.717, 1.165) is 17.1 Å². The standard InChI is InChI=1S/C13H19FN2O3S/c1-15(2)20(18,19)16(12-7-8-12)9-13(17)10-3-5-11(14)6-4-10/h3-6,12-13,17H,7-9H2,1-2H3/t13-/m0/s1. The lowest BCUT2D eigenvalue weighted by atomic mass is 10.1. The number of aliphatic hydroxyl groups is 1. The first-order chi connectivity index (χ1) is 9.32. The molecule has 1 N–H and O–H groups in total. The Bertz CT molecular complexity index is 555. The van der Waals surface area contributed by atoms with Gasteiger partial charge < -0.3 is 5.11 Å². The first-order valence-electron chi connectivity index (χ1n) is 6.45. The van der Waals surface area contributed by atoms with Gasteiger partial charge in [-0.15, -0.1) is 0 Å². The van der Waals surface area contributed by atoms with Gasteiger partial charge in [0.2, 0.25) is 0 Å². The zero-order valence-electron chi connectivity index (χ0n) is 11.5. The molecule has 0 heterocycles. The topological polar surface area (TPSA) is 60.9 Å². The van der Waals surface area contributed by atoms with E-state index >= 15 is 0 Å². The summed E-state index contributed by atoms with van der Waals surface area (Å²) in [5.41, 5.74) is 0.506. The van der Waals surface area contributed by atoms with Crippen molar-refractivity contribution in [2.24, 2.45) is 0 Å². The van der Waals surface area contributed by atoms with Crippen molar-refractivity contribution in [2.45, 2.75) is 25.0 Å². The molecule has 0 bridgehead atoms. The van der Waals surface area contributed by atoms with Crippen LogP contribution in [-0.2, 0) is 10.2 Å². The highest BCUT2D eigenvalue weighted by Crippen LogP contribution is 2.31. The van der Waals surface area contributed by atoms with Gasteiger partial charge >= 0.3 is 0 Å². The zero-order valence-corrected chi connectivity index (χ0v) is 12.3. The maximum absolute atomic E-state index is 12.9. The van der Waals surface area contributed by atoms with Crippen LogP contribution in [0.1, 0.15) is 24.5 Å². The zero-order chi connectivity index (χ0) is 14.9. The van der Waals surface area contributed by atoms with Crippen LogP contribution in [0.3, 0.4) is 0 Å². The van der Waals surface area contributed by atoms with E-state index in [1.807, 2.05) is 0 Å². The second-order valence-electron chi connectivity index (χ2n) is 5.16. The van der Waals surface area contributed by atoms with Crippen LogP contribution in [-0.4, -0.2) is 48.8 Å². The van der Waals surface area contributed by atoms with Crippen LogP contribution in [0.4, 0.5) is 4.39 Å². The highest BCUT2D eigenvalue weighted by Gasteiger charge is 2.39. The van der Waals surface area contributed by atoms with Crippen molar-refractivity contribution in [3.63, 3.8) is 0 Å². The third kappa shape index (κ3) is 3.35. The fraction of sp³-hybridized carbons (Fsp3) is 0.538. The van der Waals surface area contributed by atoms with Crippen molar-refractivity contribution in [3.05, 3.63) is 35.6 Å². The van der Waals surface area contributed by atoms with E-state index in [-0.39, 0.29) is 18.4 Å². The van der Waals surface area contributed by atoms with Crippen LogP contribution in [0.5, 0.6) is 0 Å². The number of hydrogen-bond donors (Lipinski definition) is 1. The van der Waals surface area contributed by atoms with Gasteiger partial charge in [-0.25, -0.2) is 4.39 Å². The van der Waals surface area contributed by atoms with E-state index in [4.69, 9.17) is 0 Å². The van der Waals surface area contributed by atoms with Crippen molar-refractivity contribution in [1.29, 1.82) is 0 Å². The van der Waals surface area contributed by atoms with Crippen molar-refractivity contribution >= 4 is 10.2 Å². The van der Waals surface area contributed by atoms with E-state index in [9.17, 15) is 17.9 Å². The molecule has 1 fully saturated rings. The first-order valence-corrected chi connectivity index (χ1v) is 7.85. The van der Waals surface area contributed by atoms with Crippen LogP contribution < -0.4 is 0 Å². The molecule has 0 amide bonds. The summed E-state index contributed by atoms with van der Waals surface area (Å²) >= 11 is 0. The fourth-order valence-corrected chi connectivity index (χ4v) is 3.30. The molecule has 0 spiro atoms. The normalized spacial score (nSPS) is 17.7. The number of benzene rings is 1. The molecule has 0 aromatic heterocycles. The Morgan fingerprint density at radius 1 is 1.30 bits per heavy atom. The molecule has 0 radical (unpaired) electrons. The molecule has 20 heavy (non-hydrogen) atoms. The van der Waals surface area contributed by atoms with Crippen molar-refractivity contribution in [3.8, 4) is 0 Å². The van der Waals surface area contributed by atoms with Gasteiger partial charge in [0.15, 0.2) is 0 Å². The van der Waals surface area contributed by atoms with Gasteiger partial charge in [-0.2, -0.15) is 17.0 Å². The quantitative estimate of drug-likeness (QED) is 0.857. The Hall–Kier alpha value is -1.02. The molecule has 0 saturated heterocycles. The summed E-state index contributed by atoms with van der Waals surface area (Å²) in [7, 11) is -0.620. The van der Waals surface area contributed by atoms with Crippen LogP contribution in [0.15, 0.2) is 24.3 Å². The number of rotatable bonds is 6. The van der Waals surface area contributed by atoms with E-state index in [2.05, 4.69) is 0 Å². The summed E-state index contributed by atoms with van der Waals surface area (Å²) in [6, 6.07) is 5.39. The Kier molecular flexibility index (Phi) is 4.43. The second-order valence-corrected chi connectivity index (χ2v) is 7.25. The minimum absolute atomic E-state index is 0.0171. The maximum atomic E-state index is 12.9. The lowest BCUT2D eigenvalue weighted by Crippen LogP contribution is -2.43. The summed E-state index contributed by atoms with van der Waals surface area (Å²) in [5.74, 6) is -0.388. The molecule has 0 aliphatic heterocycles. The Labute approximate surface area is 118 Å². The molecular weight excluding hydrogens is 283 g/mol. The molecule has 1 aliphatic carbocycles. The first kappa shape index (κ1) is 15.4. The number of hydrogen-bond acceptors (Lipinski definition) is 3. The van der Waals surface area contributed by atoms with Gasteiger partial charge in [0, 0.05) is 26.7 Å². The minimum atomic E-state index is -3.55. The van der Waals surface area contributed by atoms with Crippen LogP contribution >= 0.6 is 0 Å². The van der Waals surface area contributed by atoms with Crippen LogP contribution in [0.2, 0.25) is 0 Å². The smallest absolute Gasteiger partial charge is 0.281 e. The summed E-state index contributed by atoms with van der Waals surface area (Å²) < 4.78 is 39.7. The highest BCUT2D eigenvalue weighted by atomic mass is 32.2. The molecule has 2 rings (SSSR count). The van der Waals surface area contributed by atoms with Crippen molar-refractivity contribution in [2.75, 3.05) is 20.6 Å². The molecule has 0 unspecified atom stereocenters. The van der Waals surface area contributed by atoms with Crippen LogP contribution in [0, 0.1) is 5.82 Å². The lowest BCUT2D eigenvalue weighted by molar-refractivity contribution is 0.143. The predicted molar refractivity (Wildman–Crippen MR) is 73.7 cm³/mol. The summed E-state index contributed by atoms with van der Waals surface area (Å²) in [4.78, 5) is 0. The van der Waals surface area contributed by atoms with E-state index in [1.54, 1.807) is 0 Å². The van der Waals surface area contributed by atoms with E-state index in [0.29, 0.717) is 5.56 Å². The molecule has 7 heteroatoms. The summed E-state index contributed by atoms with van der Waals surface area (Å²) in [6.07, 6.45) is 0.651. The molecule has 1 aromatic rings. The highest BCUT2D eigenvalue weighted by molar-refractivity contribution is 7.86. The molecule has 1 aliphatic rings. The average Bonchev–Trinajstić information content (AvgIpc) is 3.20. The van der Waals surface area contributed by atoms with Crippen LogP contribution in [0.25, 0.3) is 0 Å². The van der Waals surface area contributed by atoms with E-state index in [1.165, 1.54) is 42.7 Å². The van der Waals surface area contributed by atoms with Crippen molar-refractivity contribution in [1.82, 2.24) is 8.61 Å².